The number of carbonyl (C=O) groups is 1. The summed E-state index contributed by atoms with van der Waals surface area (Å²) in [5.41, 5.74) is 0.166. The Morgan fingerprint density at radius 3 is 3.05 bits per heavy atom. The van der Waals surface area contributed by atoms with Crippen molar-refractivity contribution in [2.45, 2.75) is 25.3 Å². The van der Waals surface area contributed by atoms with Crippen molar-refractivity contribution in [2.75, 3.05) is 26.7 Å². The van der Waals surface area contributed by atoms with Crippen LogP contribution in [0, 0.1) is 11.7 Å². The van der Waals surface area contributed by atoms with Crippen LogP contribution in [0.25, 0.3) is 0 Å². The third-order valence-electron chi connectivity index (χ3n) is 4.67. The van der Waals surface area contributed by atoms with E-state index in [9.17, 15) is 9.18 Å². The Morgan fingerprint density at radius 1 is 1.43 bits per heavy atom. The van der Waals surface area contributed by atoms with E-state index < -0.39 is 5.82 Å². The molecule has 1 aromatic heterocycles. The summed E-state index contributed by atoms with van der Waals surface area (Å²) in [6, 6.07) is 1.74. The number of carbonyl (C=O) groups excluding carboxylic acids is 1. The van der Waals surface area contributed by atoms with Crippen molar-refractivity contribution in [1.29, 1.82) is 0 Å². The zero-order valence-corrected chi connectivity index (χ0v) is 12.8. The lowest BCUT2D eigenvalue weighted by atomic mass is 9.84. The second-order valence-corrected chi connectivity index (χ2v) is 6.34. The molecule has 0 N–H and O–H groups in total. The van der Waals surface area contributed by atoms with E-state index in [4.69, 9.17) is 11.6 Å². The molecule has 0 spiro atoms. The van der Waals surface area contributed by atoms with Crippen LogP contribution < -0.4 is 0 Å². The van der Waals surface area contributed by atoms with Gasteiger partial charge >= 0.3 is 0 Å². The van der Waals surface area contributed by atoms with E-state index in [1.54, 1.807) is 4.90 Å². The molecule has 2 unspecified atom stereocenters. The van der Waals surface area contributed by atoms with Crippen LogP contribution in [-0.4, -0.2) is 53.4 Å². The summed E-state index contributed by atoms with van der Waals surface area (Å²) in [6.45, 7) is 2.55. The summed E-state index contributed by atoms with van der Waals surface area (Å²) in [5, 5.41) is 0.0734. The molecule has 2 saturated heterocycles. The minimum Gasteiger partial charge on any atom is -0.338 e. The van der Waals surface area contributed by atoms with Crippen molar-refractivity contribution in [3.05, 3.63) is 28.8 Å². The number of likely N-dealkylation sites (tertiary alicyclic amines) is 2. The zero-order chi connectivity index (χ0) is 15.0. The summed E-state index contributed by atoms with van der Waals surface area (Å²) in [4.78, 5) is 20.5. The summed E-state index contributed by atoms with van der Waals surface area (Å²) < 4.78 is 13.3. The summed E-state index contributed by atoms with van der Waals surface area (Å²) in [7, 11) is 2.15. The molecule has 3 rings (SSSR count). The van der Waals surface area contributed by atoms with Crippen LogP contribution in [-0.2, 0) is 0 Å². The molecule has 1 aromatic rings. The van der Waals surface area contributed by atoms with Gasteiger partial charge in [0.1, 0.15) is 11.0 Å². The molecule has 0 saturated carbocycles. The molecule has 114 valence electrons. The van der Waals surface area contributed by atoms with Gasteiger partial charge in [-0.05, 0) is 44.8 Å². The van der Waals surface area contributed by atoms with Gasteiger partial charge in [-0.3, -0.25) is 4.79 Å². The molecule has 1 amide bonds. The van der Waals surface area contributed by atoms with Gasteiger partial charge in [-0.25, -0.2) is 9.37 Å². The fourth-order valence-electron chi connectivity index (χ4n) is 3.58. The van der Waals surface area contributed by atoms with E-state index in [1.165, 1.54) is 12.5 Å². The normalized spacial score (nSPS) is 26.5. The fraction of sp³-hybridized carbons (Fsp3) is 0.600. The molecule has 3 heterocycles. The summed E-state index contributed by atoms with van der Waals surface area (Å²) >= 11 is 5.94. The van der Waals surface area contributed by atoms with Crippen LogP contribution >= 0.6 is 11.6 Å². The Hall–Kier alpha value is -1.20. The molecule has 0 aromatic carbocycles. The smallest absolute Gasteiger partial charge is 0.257 e. The zero-order valence-electron chi connectivity index (χ0n) is 12.1. The monoisotopic (exact) mass is 311 g/mol. The number of hydrogen-bond acceptors (Lipinski definition) is 3. The quantitative estimate of drug-likeness (QED) is 0.747. The fourth-order valence-corrected chi connectivity index (χ4v) is 3.76. The Kier molecular flexibility index (Phi) is 4.13. The minimum absolute atomic E-state index is 0.0734. The van der Waals surface area contributed by atoms with Crippen molar-refractivity contribution < 1.29 is 9.18 Å². The van der Waals surface area contributed by atoms with Crippen molar-refractivity contribution in [3.8, 4) is 0 Å². The first kappa shape index (κ1) is 14.7. The lowest BCUT2D eigenvalue weighted by molar-refractivity contribution is 0.0316. The second kappa shape index (κ2) is 5.89. The van der Waals surface area contributed by atoms with Gasteiger partial charge in [-0.1, -0.05) is 11.6 Å². The third kappa shape index (κ3) is 2.90. The first-order valence-electron chi connectivity index (χ1n) is 7.37. The van der Waals surface area contributed by atoms with Crippen LogP contribution in [0.1, 0.15) is 29.6 Å². The SMILES string of the molecule is CN1CCCC2CN(C(=O)c3cc(F)cnc3Cl)CCC21. The lowest BCUT2D eigenvalue weighted by Crippen LogP contribution is -2.53. The van der Waals surface area contributed by atoms with Crippen LogP contribution in [0.3, 0.4) is 0 Å². The first-order valence-corrected chi connectivity index (χ1v) is 7.74. The van der Waals surface area contributed by atoms with Crippen molar-refractivity contribution in [2.24, 2.45) is 5.92 Å². The van der Waals surface area contributed by atoms with Crippen LogP contribution in [0.5, 0.6) is 0 Å². The molecule has 0 aliphatic carbocycles. The maximum Gasteiger partial charge on any atom is 0.257 e. The van der Waals surface area contributed by atoms with Gasteiger partial charge in [0, 0.05) is 19.1 Å². The van der Waals surface area contributed by atoms with Crippen LogP contribution in [0.15, 0.2) is 12.3 Å². The molecule has 0 bridgehead atoms. The van der Waals surface area contributed by atoms with Crippen LogP contribution in [0.4, 0.5) is 4.39 Å². The van der Waals surface area contributed by atoms with Crippen LogP contribution in [0.2, 0.25) is 5.15 Å². The molecule has 4 nitrogen and oxygen atoms in total. The Bertz CT molecular complexity index is 554. The van der Waals surface area contributed by atoms with Gasteiger partial charge in [-0.15, -0.1) is 0 Å². The largest absolute Gasteiger partial charge is 0.338 e. The molecule has 2 aliphatic rings. The molecule has 2 fully saturated rings. The van der Waals surface area contributed by atoms with Gasteiger partial charge in [0.25, 0.3) is 5.91 Å². The molecule has 2 atom stereocenters. The maximum atomic E-state index is 13.3. The highest BCUT2D eigenvalue weighted by Gasteiger charge is 2.36. The molecular formula is C15H19ClFN3O. The Balaban J connectivity index is 1.76. The highest BCUT2D eigenvalue weighted by molar-refractivity contribution is 6.32. The number of amides is 1. The number of hydrogen-bond donors (Lipinski definition) is 0. The number of fused-ring (bicyclic) bond motifs is 1. The third-order valence-corrected chi connectivity index (χ3v) is 4.97. The maximum absolute atomic E-state index is 13.3. The topological polar surface area (TPSA) is 36.4 Å². The van der Waals surface area contributed by atoms with Crippen molar-refractivity contribution in [1.82, 2.24) is 14.8 Å². The number of piperidine rings is 2. The van der Waals surface area contributed by atoms with E-state index in [-0.39, 0.29) is 16.6 Å². The Morgan fingerprint density at radius 2 is 2.24 bits per heavy atom. The van der Waals surface area contributed by atoms with Gasteiger partial charge in [-0.2, -0.15) is 0 Å². The molecule has 6 heteroatoms. The van der Waals surface area contributed by atoms with E-state index in [1.807, 2.05) is 0 Å². The highest BCUT2D eigenvalue weighted by atomic mass is 35.5. The van der Waals surface area contributed by atoms with Gasteiger partial charge in [0.2, 0.25) is 0 Å². The van der Waals surface area contributed by atoms with Crippen molar-refractivity contribution in [3.63, 3.8) is 0 Å². The minimum atomic E-state index is -0.532. The predicted octanol–water partition coefficient (Wildman–Crippen LogP) is 2.43. The predicted molar refractivity (Wildman–Crippen MR) is 78.9 cm³/mol. The first-order chi connectivity index (χ1) is 10.1. The van der Waals surface area contributed by atoms with Crippen molar-refractivity contribution >= 4 is 17.5 Å². The van der Waals surface area contributed by atoms with E-state index in [0.29, 0.717) is 18.5 Å². The standard InChI is InChI=1S/C15H19ClFN3O/c1-19-5-2-3-10-9-20(6-4-13(10)19)15(21)12-7-11(17)8-18-14(12)16/h7-8,10,13H,2-6,9H2,1H3. The molecular weight excluding hydrogens is 293 g/mol. The van der Waals surface area contributed by atoms with E-state index in [2.05, 4.69) is 16.9 Å². The average Bonchev–Trinajstić information content (AvgIpc) is 2.49. The number of nitrogens with zero attached hydrogens (tertiary/aromatic N) is 3. The molecule has 21 heavy (non-hydrogen) atoms. The lowest BCUT2D eigenvalue weighted by Gasteiger charge is -2.46. The van der Waals surface area contributed by atoms with Gasteiger partial charge in [0.05, 0.1) is 11.8 Å². The number of halogens is 2. The highest BCUT2D eigenvalue weighted by Crippen LogP contribution is 2.30. The van der Waals surface area contributed by atoms with E-state index in [0.717, 1.165) is 32.1 Å². The van der Waals surface area contributed by atoms with E-state index >= 15 is 0 Å². The van der Waals surface area contributed by atoms with Gasteiger partial charge in [0.15, 0.2) is 0 Å². The average molecular weight is 312 g/mol. The Labute approximate surface area is 128 Å². The number of rotatable bonds is 1. The number of pyridine rings is 1. The molecule has 2 aliphatic heterocycles. The summed E-state index contributed by atoms with van der Waals surface area (Å²) in [5.74, 6) is -0.240. The second-order valence-electron chi connectivity index (χ2n) is 5.98. The van der Waals surface area contributed by atoms with Gasteiger partial charge < -0.3 is 9.80 Å². The number of aromatic nitrogens is 1. The molecule has 0 radical (unpaired) electrons. The summed E-state index contributed by atoms with van der Waals surface area (Å²) in [6.07, 6.45) is 4.31.